The molecule has 0 bridgehead atoms. The van der Waals surface area contributed by atoms with E-state index in [0.717, 1.165) is 60.3 Å². The third-order valence-electron chi connectivity index (χ3n) is 5.00. The topological polar surface area (TPSA) is 80.3 Å². The predicted octanol–water partition coefficient (Wildman–Crippen LogP) is 1.04. The van der Waals surface area contributed by atoms with Gasteiger partial charge in [0, 0.05) is 51.8 Å². The molecular formula is C17H19N9. The molecule has 5 heterocycles. The number of anilines is 2. The molecule has 0 spiro atoms. The number of hydrogen-bond acceptors (Lipinski definition) is 7. The zero-order chi connectivity index (χ0) is 17.7. The van der Waals surface area contributed by atoms with Crippen molar-refractivity contribution in [3.05, 3.63) is 36.8 Å². The molecule has 4 aromatic rings. The van der Waals surface area contributed by atoms with Gasteiger partial charge in [-0.1, -0.05) is 0 Å². The fraction of sp³-hybridized carbons (Fsp3) is 0.353. The summed E-state index contributed by atoms with van der Waals surface area (Å²) in [6.07, 6.45) is 7.38. The number of hydrogen-bond donors (Lipinski definition) is 0. The number of nitrogens with zero attached hydrogens (tertiary/aromatic N) is 9. The van der Waals surface area contributed by atoms with Crippen LogP contribution in [0.15, 0.2) is 31.0 Å². The lowest BCUT2D eigenvalue weighted by Gasteiger charge is -2.36. The molecule has 132 valence electrons. The normalized spacial score (nSPS) is 15.3. The third-order valence-corrected chi connectivity index (χ3v) is 5.00. The summed E-state index contributed by atoms with van der Waals surface area (Å²) < 4.78 is 4.00. The Balaban J connectivity index is 1.42. The summed E-state index contributed by atoms with van der Waals surface area (Å²) in [6, 6.07) is 2.08. The zero-order valence-electron chi connectivity index (χ0n) is 14.7. The minimum absolute atomic E-state index is 0.811. The van der Waals surface area contributed by atoms with Crippen LogP contribution in [-0.2, 0) is 7.05 Å². The van der Waals surface area contributed by atoms with Gasteiger partial charge in [0.05, 0.1) is 5.39 Å². The van der Waals surface area contributed by atoms with E-state index in [1.54, 1.807) is 6.33 Å². The van der Waals surface area contributed by atoms with Crippen molar-refractivity contribution in [3.8, 4) is 0 Å². The summed E-state index contributed by atoms with van der Waals surface area (Å²) in [6.45, 7) is 5.41. The Hall–Kier alpha value is -3.23. The molecule has 0 saturated carbocycles. The van der Waals surface area contributed by atoms with Crippen molar-refractivity contribution in [2.75, 3.05) is 36.0 Å². The number of rotatable bonds is 2. The molecule has 0 N–H and O–H groups in total. The van der Waals surface area contributed by atoms with Gasteiger partial charge in [0.15, 0.2) is 5.82 Å². The molecule has 1 saturated heterocycles. The molecule has 1 aliphatic heterocycles. The Morgan fingerprint density at radius 3 is 2.42 bits per heavy atom. The summed E-state index contributed by atoms with van der Waals surface area (Å²) in [5.74, 6) is 2.76. The lowest BCUT2D eigenvalue weighted by Crippen LogP contribution is -2.47. The number of aromatic nitrogens is 7. The highest BCUT2D eigenvalue weighted by Gasteiger charge is 2.23. The molecule has 0 aromatic carbocycles. The summed E-state index contributed by atoms with van der Waals surface area (Å²) in [7, 11) is 2.00. The Labute approximate surface area is 149 Å². The highest BCUT2D eigenvalue weighted by Crippen LogP contribution is 2.26. The highest BCUT2D eigenvalue weighted by atomic mass is 15.3. The first kappa shape index (κ1) is 15.1. The first-order valence-electron chi connectivity index (χ1n) is 8.64. The van der Waals surface area contributed by atoms with Crippen LogP contribution >= 0.6 is 0 Å². The zero-order valence-corrected chi connectivity index (χ0v) is 14.7. The van der Waals surface area contributed by atoms with Crippen LogP contribution in [0.1, 0.15) is 5.82 Å². The average molecular weight is 349 g/mol. The maximum absolute atomic E-state index is 4.55. The van der Waals surface area contributed by atoms with E-state index in [9.17, 15) is 0 Å². The molecule has 9 nitrogen and oxygen atoms in total. The standard InChI is InChI=1S/C17H19N9/c1-12-21-22-17-16(18-4-6-26(12)17)25-9-7-24(8-10-25)15-13-3-5-23(2)14(13)19-11-20-15/h3-6,11H,7-10H2,1-2H3. The lowest BCUT2D eigenvalue weighted by molar-refractivity contribution is 0.643. The van der Waals surface area contributed by atoms with Crippen LogP contribution in [0.4, 0.5) is 11.6 Å². The number of aryl methyl sites for hydroxylation is 2. The largest absolute Gasteiger partial charge is 0.352 e. The Morgan fingerprint density at radius 2 is 1.62 bits per heavy atom. The van der Waals surface area contributed by atoms with Gasteiger partial charge >= 0.3 is 0 Å². The van der Waals surface area contributed by atoms with Gasteiger partial charge in [-0.15, -0.1) is 10.2 Å². The van der Waals surface area contributed by atoms with Crippen molar-refractivity contribution in [1.82, 2.24) is 34.1 Å². The van der Waals surface area contributed by atoms with E-state index in [2.05, 4.69) is 41.0 Å². The minimum atomic E-state index is 0.811. The Morgan fingerprint density at radius 1 is 0.846 bits per heavy atom. The first-order valence-corrected chi connectivity index (χ1v) is 8.64. The molecular weight excluding hydrogens is 330 g/mol. The Bertz CT molecular complexity index is 1000. The lowest BCUT2D eigenvalue weighted by atomic mass is 10.2. The Kier molecular flexibility index (Phi) is 3.27. The van der Waals surface area contributed by atoms with Gasteiger partial charge in [-0.25, -0.2) is 15.0 Å². The molecule has 0 radical (unpaired) electrons. The van der Waals surface area contributed by atoms with Gasteiger partial charge in [-0.2, -0.15) is 0 Å². The maximum atomic E-state index is 4.55. The van der Waals surface area contributed by atoms with Crippen molar-refractivity contribution in [2.24, 2.45) is 7.05 Å². The van der Waals surface area contributed by atoms with Crippen LogP contribution in [0.5, 0.6) is 0 Å². The first-order chi connectivity index (χ1) is 12.7. The molecule has 0 atom stereocenters. The van der Waals surface area contributed by atoms with E-state index in [1.807, 2.05) is 41.5 Å². The third kappa shape index (κ3) is 2.20. The van der Waals surface area contributed by atoms with Gasteiger partial charge in [0.2, 0.25) is 5.65 Å². The molecule has 1 fully saturated rings. The number of fused-ring (bicyclic) bond motifs is 2. The van der Waals surface area contributed by atoms with E-state index in [0.29, 0.717) is 0 Å². The second kappa shape index (κ2) is 5.65. The minimum Gasteiger partial charge on any atom is -0.352 e. The van der Waals surface area contributed by atoms with E-state index in [4.69, 9.17) is 0 Å². The molecule has 0 unspecified atom stereocenters. The van der Waals surface area contributed by atoms with Gasteiger partial charge < -0.3 is 14.4 Å². The summed E-state index contributed by atoms with van der Waals surface area (Å²) in [5.41, 5.74) is 1.77. The summed E-state index contributed by atoms with van der Waals surface area (Å²) >= 11 is 0. The second-order valence-corrected chi connectivity index (χ2v) is 6.53. The second-order valence-electron chi connectivity index (χ2n) is 6.53. The average Bonchev–Trinajstić information content (AvgIpc) is 3.25. The van der Waals surface area contributed by atoms with Gasteiger partial charge in [-0.3, -0.25) is 4.40 Å². The molecule has 0 aliphatic carbocycles. The van der Waals surface area contributed by atoms with Crippen LogP contribution in [-0.4, -0.2) is 60.3 Å². The molecule has 0 amide bonds. The van der Waals surface area contributed by atoms with E-state index in [-0.39, 0.29) is 0 Å². The van der Waals surface area contributed by atoms with Crippen LogP contribution in [0.3, 0.4) is 0 Å². The smallest absolute Gasteiger partial charge is 0.203 e. The van der Waals surface area contributed by atoms with Crippen LogP contribution < -0.4 is 9.80 Å². The van der Waals surface area contributed by atoms with E-state index >= 15 is 0 Å². The SMILES string of the molecule is Cc1nnc2c(N3CCN(c4ncnc5c4ccn5C)CC3)nccn12. The fourth-order valence-corrected chi connectivity index (χ4v) is 3.60. The molecule has 9 heteroatoms. The highest BCUT2D eigenvalue weighted by molar-refractivity contribution is 5.88. The van der Waals surface area contributed by atoms with Crippen molar-refractivity contribution in [1.29, 1.82) is 0 Å². The monoisotopic (exact) mass is 349 g/mol. The van der Waals surface area contributed by atoms with Crippen molar-refractivity contribution in [2.45, 2.75) is 6.92 Å². The van der Waals surface area contributed by atoms with Crippen LogP contribution in [0, 0.1) is 6.92 Å². The van der Waals surface area contributed by atoms with E-state index < -0.39 is 0 Å². The van der Waals surface area contributed by atoms with Gasteiger partial charge in [-0.05, 0) is 13.0 Å². The molecule has 4 aromatic heterocycles. The van der Waals surface area contributed by atoms with Crippen LogP contribution in [0.2, 0.25) is 0 Å². The van der Waals surface area contributed by atoms with E-state index in [1.165, 1.54) is 0 Å². The van der Waals surface area contributed by atoms with Gasteiger partial charge in [0.1, 0.15) is 23.6 Å². The quantitative estimate of drug-likeness (QED) is 0.535. The van der Waals surface area contributed by atoms with Crippen molar-refractivity contribution in [3.63, 3.8) is 0 Å². The maximum Gasteiger partial charge on any atom is 0.203 e. The molecule has 5 rings (SSSR count). The van der Waals surface area contributed by atoms with Gasteiger partial charge in [0.25, 0.3) is 0 Å². The predicted molar refractivity (Wildman–Crippen MR) is 98.5 cm³/mol. The molecule has 26 heavy (non-hydrogen) atoms. The van der Waals surface area contributed by atoms with Crippen LogP contribution in [0.25, 0.3) is 16.7 Å². The van der Waals surface area contributed by atoms with Crippen molar-refractivity contribution >= 4 is 28.3 Å². The van der Waals surface area contributed by atoms with Crippen molar-refractivity contribution < 1.29 is 0 Å². The summed E-state index contributed by atoms with van der Waals surface area (Å²) in [4.78, 5) is 18.1. The molecule has 1 aliphatic rings. The fourth-order valence-electron chi connectivity index (χ4n) is 3.60. The number of piperazine rings is 1. The summed E-state index contributed by atoms with van der Waals surface area (Å²) in [5, 5.41) is 9.55.